The average molecular weight is 486 g/mol. The maximum atomic E-state index is 2.36. The molecule has 0 aliphatic carbocycles. The van der Waals surface area contributed by atoms with Crippen molar-refractivity contribution in [3.63, 3.8) is 0 Å². The largest absolute Gasteiger partial charge is 0.309 e. The van der Waals surface area contributed by atoms with Gasteiger partial charge in [0.2, 0.25) is 0 Å². The van der Waals surface area contributed by atoms with Crippen LogP contribution in [-0.4, -0.2) is 4.57 Å². The normalized spacial score (nSPS) is 11.3. The standard InChI is InChI=1S/C37H27N/c1-26-11-13-27(14-12-26)28-15-17-29(18-16-28)30-19-21-31(22-20-30)32-23-24-37-35(25-32)34-9-5-6-10-36(34)38(37)33-7-3-2-4-8-33/h2-25H,1H3. The van der Waals surface area contributed by atoms with Gasteiger partial charge in [-0.05, 0) is 70.6 Å². The number of aryl methyl sites for hydroxylation is 1. The van der Waals surface area contributed by atoms with E-state index in [-0.39, 0.29) is 0 Å². The fourth-order valence-electron chi connectivity index (χ4n) is 5.46. The van der Waals surface area contributed by atoms with Crippen LogP contribution < -0.4 is 0 Å². The van der Waals surface area contributed by atoms with Gasteiger partial charge in [-0.15, -0.1) is 0 Å². The summed E-state index contributed by atoms with van der Waals surface area (Å²) in [5, 5.41) is 2.55. The molecule has 0 saturated heterocycles. The van der Waals surface area contributed by atoms with Crippen LogP contribution in [0.3, 0.4) is 0 Å². The Morgan fingerprint density at radius 2 is 0.816 bits per heavy atom. The Bertz CT molecular complexity index is 1870. The van der Waals surface area contributed by atoms with Gasteiger partial charge in [0.15, 0.2) is 0 Å². The number of hydrogen-bond acceptors (Lipinski definition) is 0. The van der Waals surface area contributed by atoms with Gasteiger partial charge in [-0.1, -0.05) is 121 Å². The topological polar surface area (TPSA) is 4.93 Å². The second kappa shape index (κ2) is 9.21. The molecule has 0 spiro atoms. The van der Waals surface area contributed by atoms with Crippen molar-refractivity contribution in [1.29, 1.82) is 0 Å². The maximum Gasteiger partial charge on any atom is 0.0541 e. The molecule has 1 heterocycles. The predicted octanol–water partition coefficient (Wildman–Crippen LogP) is 10.1. The number of hydrogen-bond donors (Lipinski definition) is 0. The molecule has 0 aliphatic rings. The van der Waals surface area contributed by atoms with E-state index in [4.69, 9.17) is 0 Å². The Morgan fingerprint density at radius 1 is 0.368 bits per heavy atom. The average Bonchev–Trinajstić information content (AvgIpc) is 3.32. The van der Waals surface area contributed by atoms with Gasteiger partial charge < -0.3 is 4.57 Å². The minimum Gasteiger partial charge on any atom is -0.309 e. The van der Waals surface area contributed by atoms with E-state index >= 15 is 0 Å². The number of benzene rings is 6. The fourth-order valence-corrected chi connectivity index (χ4v) is 5.46. The van der Waals surface area contributed by atoms with Gasteiger partial charge in [0.1, 0.15) is 0 Å². The van der Waals surface area contributed by atoms with E-state index < -0.39 is 0 Å². The summed E-state index contributed by atoms with van der Waals surface area (Å²) in [6.45, 7) is 2.12. The predicted molar refractivity (Wildman–Crippen MR) is 162 cm³/mol. The van der Waals surface area contributed by atoms with Gasteiger partial charge in [0.25, 0.3) is 0 Å². The quantitative estimate of drug-likeness (QED) is 0.234. The lowest BCUT2D eigenvalue weighted by Crippen LogP contribution is -1.92. The zero-order chi connectivity index (χ0) is 25.5. The molecule has 0 unspecified atom stereocenters. The summed E-state index contributed by atoms with van der Waals surface area (Å²) in [5.41, 5.74) is 12.3. The van der Waals surface area contributed by atoms with E-state index in [2.05, 4.69) is 157 Å². The molecule has 0 aliphatic heterocycles. The highest BCUT2D eigenvalue weighted by molar-refractivity contribution is 6.10. The van der Waals surface area contributed by atoms with Crippen molar-refractivity contribution in [2.45, 2.75) is 6.92 Å². The molecule has 0 saturated carbocycles. The number of rotatable bonds is 4. The first-order chi connectivity index (χ1) is 18.7. The summed E-state index contributed by atoms with van der Waals surface area (Å²) in [6, 6.07) is 52.6. The first-order valence-corrected chi connectivity index (χ1v) is 13.1. The Balaban J connectivity index is 1.23. The van der Waals surface area contributed by atoms with Crippen LogP contribution in [0, 0.1) is 6.92 Å². The van der Waals surface area contributed by atoms with Crippen LogP contribution in [0.25, 0.3) is 60.9 Å². The summed E-state index contributed by atoms with van der Waals surface area (Å²) in [6.07, 6.45) is 0. The molecule has 1 nitrogen and oxygen atoms in total. The van der Waals surface area contributed by atoms with E-state index in [1.807, 2.05) is 0 Å². The lowest BCUT2D eigenvalue weighted by Gasteiger charge is -2.09. The van der Waals surface area contributed by atoms with Crippen molar-refractivity contribution >= 4 is 21.8 Å². The Kier molecular flexibility index (Phi) is 5.41. The molecule has 0 bridgehead atoms. The first-order valence-electron chi connectivity index (χ1n) is 13.1. The van der Waals surface area contributed by atoms with Crippen LogP contribution in [0.5, 0.6) is 0 Å². The van der Waals surface area contributed by atoms with Crippen molar-refractivity contribution in [1.82, 2.24) is 4.57 Å². The summed E-state index contributed by atoms with van der Waals surface area (Å²) < 4.78 is 2.36. The van der Waals surface area contributed by atoms with Crippen LogP contribution >= 0.6 is 0 Å². The lowest BCUT2D eigenvalue weighted by molar-refractivity contribution is 1.18. The second-order valence-electron chi connectivity index (χ2n) is 9.94. The van der Waals surface area contributed by atoms with E-state index in [1.165, 1.54) is 66.4 Å². The summed E-state index contributed by atoms with van der Waals surface area (Å²) in [7, 11) is 0. The highest BCUT2D eigenvalue weighted by Crippen LogP contribution is 2.35. The molecule has 180 valence electrons. The van der Waals surface area contributed by atoms with Crippen molar-refractivity contribution in [2.24, 2.45) is 0 Å². The van der Waals surface area contributed by atoms with Crippen molar-refractivity contribution < 1.29 is 0 Å². The molecule has 0 radical (unpaired) electrons. The van der Waals surface area contributed by atoms with Gasteiger partial charge in [0.05, 0.1) is 11.0 Å². The van der Waals surface area contributed by atoms with Gasteiger partial charge in [-0.3, -0.25) is 0 Å². The Morgan fingerprint density at radius 3 is 1.42 bits per heavy atom. The van der Waals surface area contributed by atoms with Crippen LogP contribution in [0.1, 0.15) is 5.56 Å². The second-order valence-corrected chi connectivity index (χ2v) is 9.94. The third kappa shape index (κ3) is 3.90. The van der Waals surface area contributed by atoms with Gasteiger partial charge in [-0.25, -0.2) is 0 Å². The smallest absolute Gasteiger partial charge is 0.0541 e. The zero-order valence-electron chi connectivity index (χ0n) is 21.3. The number of para-hydroxylation sites is 2. The van der Waals surface area contributed by atoms with Gasteiger partial charge >= 0.3 is 0 Å². The Labute approximate surface area is 223 Å². The van der Waals surface area contributed by atoms with E-state index in [1.54, 1.807) is 0 Å². The molecule has 1 aromatic heterocycles. The molecule has 0 N–H and O–H groups in total. The van der Waals surface area contributed by atoms with E-state index in [0.717, 1.165) is 0 Å². The first kappa shape index (κ1) is 22.3. The molecule has 38 heavy (non-hydrogen) atoms. The molecule has 7 aromatic rings. The van der Waals surface area contributed by atoms with Crippen LogP contribution in [0.2, 0.25) is 0 Å². The Hall–Kier alpha value is -4.88. The van der Waals surface area contributed by atoms with Crippen molar-refractivity contribution in [2.75, 3.05) is 0 Å². The molecule has 7 rings (SSSR count). The zero-order valence-corrected chi connectivity index (χ0v) is 21.3. The molecule has 0 atom stereocenters. The van der Waals surface area contributed by atoms with Crippen molar-refractivity contribution in [3.8, 4) is 39.1 Å². The molecular weight excluding hydrogens is 458 g/mol. The fraction of sp³-hybridized carbons (Fsp3) is 0.0270. The molecule has 0 fully saturated rings. The number of fused-ring (bicyclic) bond motifs is 3. The SMILES string of the molecule is Cc1ccc(-c2ccc(-c3ccc(-c4ccc5c(c4)c4ccccc4n5-c4ccccc4)cc3)cc2)cc1. The molecule has 1 heteroatoms. The molecule has 6 aromatic carbocycles. The summed E-state index contributed by atoms with van der Waals surface area (Å²) in [4.78, 5) is 0. The molecular formula is C37H27N. The highest BCUT2D eigenvalue weighted by Gasteiger charge is 2.13. The monoisotopic (exact) mass is 485 g/mol. The minimum atomic E-state index is 1.18. The van der Waals surface area contributed by atoms with E-state index in [0.29, 0.717) is 0 Å². The highest BCUT2D eigenvalue weighted by atomic mass is 15.0. The minimum absolute atomic E-state index is 1.18. The van der Waals surface area contributed by atoms with Crippen molar-refractivity contribution in [3.05, 3.63) is 151 Å². The summed E-state index contributed by atoms with van der Waals surface area (Å²) >= 11 is 0. The van der Waals surface area contributed by atoms with E-state index in [9.17, 15) is 0 Å². The van der Waals surface area contributed by atoms with Crippen LogP contribution in [-0.2, 0) is 0 Å². The third-order valence-corrected chi connectivity index (χ3v) is 7.51. The lowest BCUT2D eigenvalue weighted by atomic mass is 9.97. The van der Waals surface area contributed by atoms with Crippen LogP contribution in [0.4, 0.5) is 0 Å². The molecule has 0 amide bonds. The van der Waals surface area contributed by atoms with Gasteiger partial charge in [-0.2, -0.15) is 0 Å². The van der Waals surface area contributed by atoms with Gasteiger partial charge in [0, 0.05) is 16.5 Å². The third-order valence-electron chi connectivity index (χ3n) is 7.51. The number of aromatic nitrogens is 1. The summed E-state index contributed by atoms with van der Waals surface area (Å²) in [5.74, 6) is 0. The van der Waals surface area contributed by atoms with Crippen LogP contribution in [0.15, 0.2) is 146 Å². The maximum absolute atomic E-state index is 2.36. The number of nitrogens with zero attached hydrogens (tertiary/aromatic N) is 1.